The maximum atomic E-state index is 13.3. The Morgan fingerprint density at radius 2 is 1.81 bits per heavy atom. The molecule has 27 heavy (non-hydrogen) atoms. The number of amides is 1. The highest BCUT2D eigenvalue weighted by atomic mass is 16.1. The Bertz CT molecular complexity index is 978. The molecule has 4 rings (SSSR count). The van der Waals surface area contributed by atoms with Gasteiger partial charge in [0.1, 0.15) is 6.54 Å². The van der Waals surface area contributed by atoms with Crippen LogP contribution in [0.2, 0.25) is 0 Å². The molecule has 138 valence electrons. The smallest absolute Gasteiger partial charge is 0.226 e. The third kappa shape index (κ3) is 3.51. The van der Waals surface area contributed by atoms with Crippen LogP contribution in [0.5, 0.6) is 0 Å². The van der Waals surface area contributed by atoms with Crippen LogP contribution in [0.3, 0.4) is 0 Å². The van der Waals surface area contributed by atoms with Crippen molar-refractivity contribution in [3.05, 3.63) is 60.2 Å². The van der Waals surface area contributed by atoms with Crippen LogP contribution < -0.4 is 10.6 Å². The second-order valence-corrected chi connectivity index (χ2v) is 7.33. The molecule has 5 heteroatoms. The number of quaternary nitrogens is 1. The first kappa shape index (κ1) is 17.5. The standard InChI is InChI=1S/C22H23N3O2/c23-22(27)16-9-6-12-25(13-16)14-19(26)20-17-10-4-5-11-18(17)24-21(20)15-7-2-1-3-8-15/h1-5,7-8,10-11,16,24H,6,9,12-14H2,(H2,23,27)/p+1/t16-/m0/s1. The van der Waals surface area contributed by atoms with Gasteiger partial charge in [-0.1, -0.05) is 48.5 Å². The summed E-state index contributed by atoms with van der Waals surface area (Å²) in [4.78, 5) is 29.4. The van der Waals surface area contributed by atoms with Gasteiger partial charge in [-0.25, -0.2) is 0 Å². The van der Waals surface area contributed by atoms with E-state index < -0.39 is 0 Å². The van der Waals surface area contributed by atoms with Gasteiger partial charge in [0.2, 0.25) is 11.7 Å². The number of benzene rings is 2. The zero-order chi connectivity index (χ0) is 18.8. The zero-order valence-electron chi connectivity index (χ0n) is 15.2. The largest absolute Gasteiger partial charge is 0.369 e. The lowest BCUT2D eigenvalue weighted by Gasteiger charge is -2.27. The van der Waals surface area contributed by atoms with E-state index in [9.17, 15) is 9.59 Å². The minimum Gasteiger partial charge on any atom is -0.369 e. The van der Waals surface area contributed by atoms with E-state index in [4.69, 9.17) is 5.73 Å². The van der Waals surface area contributed by atoms with Gasteiger partial charge in [-0.05, 0) is 24.5 Å². The van der Waals surface area contributed by atoms with E-state index in [0.717, 1.165) is 52.0 Å². The molecule has 1 aromatic heterocycles. The molecule has 1 saturated heterocycles. The third-order valence-electron chi connectivity index (χ3n) is 5.48. The first-order valence-electron chi connectivity index (χ1n) is 9.45. The lowest BCUT2D eigenvalue weighted by Crippen LogP contribution is -3.14. The first-order chi connectivity index (χ1) is 13.1. The van der Waals surface area contributed by atoms with Crippen LogP contribution >= 0.6 is 0 Å². The first-order valence-corrected chi connectivity index (χ1v) is 9.45. The normalized spacial score (nSPS) is 19.9. The fraction of sp³-hybridized carbons (Fsp3) is 0.273. The predicted octanol–water partition coefficient (Wildman–Crippen LogP) is 1.80. The van der Waals surface area contributed by atoms with Gasteiger partial charge in [-0.15, -0.1) is 0 Å². The van der Waals surface area contributed by atoms with E-state index in [2.05, 4.69) is 4.98 Å². The fourth-order valence-electron chi connectivity index (χ4n) is 4.12. The molecule has 1 aliphatic heterocycles. The van der Waals surface area contributed by atoms with Crippen molar-refractivity contribution >= 4 is 22.6 Å². The Morgan fingerprint density at radius 1 is 1.07 bits per heavy atom. The summed E-state index contributed by atoms with van der Waals surface area (Å²) in [6.45, 7) is 1.92. The van der Waals surface area contributed by atoms with Crippen LogP contribution in [-0.4, -0.2) is 36.3 Å². The highest BCUT2D eigenvalue weighted by Gasteiger charge is 2.30. The number of fused-ring (bicyclic) bond motifs is 1. The Balaban J connectivity index is 1.68. The highest BCUT2D eigenvalue weighted by Crippen LogP contribution is 2.30. The summed E-state index contributed by atoms with van der Waals surface area (Å²) < 4.78 is 0. The maximum Gasteiger partial charge on any atom is 0.226 e. The van der Waals surface area contributed by atoms with E-state index in [1.165, 1.54) is 0 Å². The van der Waals surface area contributed by atoms with Crippen molar-refractivity contribution in [2.24, 2.45) is 11.7 Å². The van der Waals surface area contributed by atoms with Gasteiger partial charge >= 0.3 is 0 Å². The summed E-state index contributed by atoms with van der Waals surface area (Å²) in [5.74, 6) is -0.277. The van der Waals surface area contributed by atoms with Crippen LogP contribution in [0.15, 0.2) is 54.6 Å². The Hall–Kier alpha value is -2.92. The van der Waals surface area contributed by atoms with Gasteiger partial charge in [0, 0.05) is 10.9 Å². The van der Waals surface area contributed by atoms with Crippen molar-refractivity contribution in [2.75, 3.05) is 19.6 Å². The average Bonchev–Trinajstić information content (AvgIpc) is 3.08. The SMILES string of the molecule is NC(=O)[C@H]1CCC[NH+](CC(=O)c2c(-c3ccccc3)[nH]c3ccccc23)C1. The number of ketones is 1. The minimum absolute atomic E-state index is 0.103. The highest BCUT2D eigenvalue weighted by molar-refractivity contribution is 6.13. The second kappa shape index (κ2) is 7.37. The van der Waals surface area contributed by atoms with Crippen molar-refractivity contribution in [2.45, 2.75) is 12.8 Å². The molecule has 2 atom stereocenters. The summed E-state index contributed by atoms with van der Waals surface area (Å²) in [6, 6.07) is 17.9. The number of nitrogens with one attached hydrogen (secondary N) is 2. The topological polar surface area (TPSA) is 80.4 Å². The summed E-state index contributed by atoms with van der Waals surface area (Å²) in [7, 11) is 0. The van der Waals surface area contributed by atoms with Crippen molar-refractivity contribution in [3.8, 4) is 11.3 Å². The monoisotopic (exact) mass is 362 g/mol. The van der Waals surface area contributed by atoms with Gasteiger partial charge in [0.05, 0.1) is 30.3 Å². The molecule has 3 aromatic rings. The number of carbonyl (C=O) groups is 2. The molecule has 0 aliphatic carbocycles. The number of aromatic nitrogens is 1. The molecule has 0 saturated carbocycles. The van der Waals surface area contributed by atoms with E-state index in [-0.39, 0.29) is 17.6 Å². The Labute approximate surface area is 158 Å². The molecule has 2 aromatic carbocycles. The van der Waals surface area contributed by atoms with Crippen molar-refractivity contribution in [3.63, 3.8) is 0 Å². The Kier molecular flexibility index (Phi) is 4.77. The van der Waals surface area contributed by atoms with Gasteiger partial charge in [-0.2, -0.15) is 0 Å². The van der Waals surface area contributed by atoms with E-state index in [0.29, 0.717) is 13.1 Å². The van der Waals surface area contributed by atoms with Gasteiger partial charge in [0.25, 0.3) is 0 Å². The summed E-state index contributed by atoms with van der Waals surface area (Å²) >= 11 is 0. The van der Waals surface area contributed by atoms with Crippen LogP contribution in [0.4, 0.5) is 0 Å². The van der Waals surface area contributed by atoms with Gasteiger partial charge in [-0.3, -0.25) is 9.59 Å². The molecule has 4 N–H and O–H groups in total. The van der Waals surface area contributed by atoms with E-state index in [1.807, 2.05) is 54.6 Å². The number of primary amides is 1. The summed E-state index contributed by atoms with van der Waals surface area (Å²) in [6.07, 6.45) is 1.75. The number of carbonyl (C=O) groups excluding carboxylic acids is 2. The van der Waals surface area contributed by atoms with Crippen LogP contribution in [0.1, 0.15) is 23.2 Å². The van der Waals surface area contributed by atoms with E-state index in [1.54, 1.807) is 0 Å². The number of hydrogen-bond acceptors (Lipinski definition) is 2. The number of aromatic amines is 1. The summed E-state index contributed by atoms with van der Waals surface area (Å²) in [5.41, 5.74) is 9.06. The third-order valence-corrected chi connectivity index (χ3v) is 5.48. The lowest BCUT2D eigenvalue weighted by atomic mass is 9.96. The van der Waals surface area contributed by atoms with Crippen molar-refractivity contribution < 1.29 is 14.5 Å². The molecule has 1 aliphatic rings. The number of piperidine rings is 1. The van der Waals surface area contributed by atoms with Crippen LogP contribution in [0.25, 0.3) is 22.2 Å². The lowest BCUT2D eigenvalue weighted by molar-refractivity contribution is -0.898. The number of hydrogen-bond donors (Lipinski definition) is 3. The molecule has 1 amide bonds. The predicted molar refractivity (Wildman–Crippen MR) is 106 cm³/mol. The van der Waals surface area contributed by atoms with Crippen molar-refractivity contribution in [1.82, 2.24) is 4.98 Å². The molecule has 2 heterocycles. The van der Waals surface area contributed by atoms with E-state index >= 15 is 0 Å². The molecule has 0 bridgehead atoms. The fourth-order valence-corrected chi connectivity index (χ4v) is 4.12. The number of H-pyrrole nitrogens is 1. The Morgan fingerprint density at radius 3 is 2.59 bits per heavy atom. The van der Waals surface area contributed by atoms with Crippen LogP contribution in [0, 0.1) is 5.92 Å². The van der Waals surface area contributed by atoms with Crippen molar-refractivity contribution in [1.29, 1.82) is 0 Å². The molecule has 1 unspecified atom stereocenters. The van der Waals surface area contributed by atoms with Crippen LogP contribution in [-0.2, 0) is 4.79 Å². The second-order valence-electron chi connectivity index (χ2n) is 7.33. The maximum absolute atomic E-state index is 13.3. The van der Waals surface area contributed by atoms with Gasteiger partial charge < -0.3 is 15.6 Å². The number of nitrogens with two attached hydrogens (primary N) is 1. The molecule has 0 spiro atoms. The molecular formula is C22H24N3O2+. The molecule has 5 nitrogen and oxygen atoms in total. The zero-order valence-corrected chi connectivity index (χ0v) is 15.2. The summed E-state index contributed by atoms with van der Waals surface area (Å²) in [5, 5.41) is 0.948. The number of Topliss-reactive ketones (excluding diaryl/α,β-unsaturated/α-hetero) is 1. The molecule has 1 fully saturated rings. The quantitative estimate of drug-likeness (QED) is 0.605. The molecule has 0 radical (unpaired) electrons. The molecular weight excluding hydrogens is 338 g/mol. The number of likely N-dealkylation sites (tertiary alicyclic amines) is 1. The number of rotatable bonds is 5. The number of para-hydroxylation sites is 1. The van der Waals surface area contributed by atoms with Gasteiger partial charge in [0.15, 0.2) is 0 Å². The minimum atomic E-state index is -0.253. The average molecular weight is 362 g/mol.